The van der Waals surface area contributed by atoms with Gasteiger partial charge in [-0.3, -0.25) is 9.59 Å². The van der Waals surface area contributed by atoms with Gasteiger partial charge in [-0.1, -0.05) is 27.2 Å². The van der Waals surface area contributed by atoms with Crippen molar-refractivity contribution >= 4 is 17.4 Å². The lowest BCUT2D eigenvalue weighted by Gasteiger charge is -2.17. The van der Waals surface area contributed by atoms with E-state index in [-0.39, 0.29) is 17.7 Å². The molecule has 1 fully saturated rings. The second-order valence-corrected chi connectivity index (χ2v) is 7.26. The van der Waals surface area contributed by atoms with Gasteiger partial charge < -0.3 is 11.1 Å². The van der Waals surface area contributed by atoms with Crippen LogP contribution in [0.1, 0.15) is 56.8 Å². The van der Waals surface area contributed by atoms with E-state index in [0.29, 0.717) is 17.9 Å². The van der Waals surface area contributed by atoms with Gasteiger partial charge in [0.05, 0.1) is 0 Å². The average Bonchev–Trinajstić information content (AvgIpc) is 2.83. The summed E-state index contributed by atoms with van der Waals surface area (Å²) in [5, 5.41) is 2.89. The second kappa shape index (κ2) is 6.61. The number of anilines is 1. The number of carbonyl (C=O) groups is 2. The second-order valence-electron chi connectivity index (χ2n) is 7.26. The van der Waals surface area contributed by atoms with Gasteiger partial charge in [0.15, 0.2) is 5.78 Å². The first kappa shape index (κ1) is 16.7. The molecule has 1 aromatic rings. The van der Waals surface area contributed by atoms with Crippen molar-refractivity contribution in [3.05, 3.63) is 29.8 Å². The molecule has 0 saturated heterocycles. The summed E-state index contributed by atoms with van der Waals surface area (Å²) in [6.45, 7) is 5.70. The van der Waals surface area contributed by atoms with E-state index in [1.807, 2.05) is 20.8 Å². The van der Waals surface area contributed by atoms with E-state index in [9.17, 15) is 9.59 Å². The fourth-order valence-corrected chi connectivity index (χ4v) is 2.91. The highest BCUT2D eigenvalue weighted by Gasteiger charge is 2.26. The molecule has 2 rings (SSSR count). The molecule has 4 nitrogen and oxygen atoms in total. The molecule has 120 valence electrons. The number of nitrogens with one attached hydrogen (secondary N) is 1. The summed E-state index contributed by atoms with van der Waals surface area (Å²) in [5.74, 6) is 0.390. The number of carbonyl (C=O) groups excluding carboxylic acids is 2. The third kappa shape index (κ3) is 4.17. The zero-order chi connectivity index (χ0) is 16.3. The van der Waals surface area contributed by atoms with Gasteiger partial charge in [-0.15, -0.1) is 0 Å². The van der Waals surface area contributed by atoms with Crippen LogP contribution in [-0.2, 0) is 4.79 Å². The molecular weight excluding hydrogens is 276 g/mol. The lowest BCUT2D eigenvalue weighted by Crippen LogP contribution is -2.28. The van der Waals surface area contributed by atoms with Crippen molar-refractivity contribution in [1.29, 1.82) is 0 Å². The molecule has 1 saturated carbocycles. The fourth-order valence-electron chi connectivity index (χ4n) is 2.91. The zero-order valence-electron chi connectivity index (χ0n) is 13.7. The molecule has 0 aromatic heterocycles. The number of hydrogen-bond acceptors (Lipinski definition) is 3. The smallest absolute Gasteiger partial charge is 0.224 e. The van der Waals surface area contributed by atoms with Gasteiger partial charge >= 0.3 is 0 Å². The molecule has 0 spiro atoms. The van der Waals surface area contributed by atoms with Crippen LogP contribution >= 0.6 is 0 Å². The maximum Gasteiger partial charge on any atom is 0.224 e. The molecule has 1 aromatic carbocycles. The molecular formula is C18H26N2O2. The Kier molecular flexibility index (Phi) is 5.01. The number of ketones is 1. The van der Waals surface area contributed by atoms with Crippen molar-refractivity contribution in [2.24, 2.45) is 17.1 Å². The topological polar surface area (TPSA) is 72.2 Å². The van der Waals surface area contributed by atoms with Gasteiger partial charge in [0.25, 0.3) is 0 Å². The van der Waals surface area contributed by atoms with E-state index in [0.717, 1.165) is 24.9 Å². The molecule has 0 aliphatic heterocycles. The van der Waals surface area contributed by atoms with Crippen molar-refractivity contribution in [3.63, 3.8) is 0 Å². The van der Waals surface area contributed by atoms with Crippen molar-refractivity contribution in [2.45, 2.75) is 52.5 Å². The summed E-state index contributed by atoms with van der Waals surface area (Å²) in [7, 11) is 0. The first-order valence-corrected chi connectivity index (χ1v) is 7.97. The summed E-state index contributed by atoms with van der Waals surface area (Å²) in [5.41, 5.74) is 6.99. The maximum absolute atomic E-state index is 12.2. The van der Waals surface area contributed by atoms with E-state index in [1.54, 1.807) is 24.3 Å². The third-order valence-corrected chi connectivity index (χ3v) is 4.28. The molecule has 0 radical (unpaired) electrons. The van der Waals surface area contributed by atoms with Crippen LogP contribution in [0.4, 0.5) is 5.69 Å². The molecule has 4 heteroatoms. The van der Waals surface area contributed by atoms with Gasteiger partial charge in [0, 0.05) is 29.1 Å². The standard InChI is InChI=1S/C18H26N2O2/c1-18(2,3)17(22)12-7-9-14(10-8-12)20-16(21)11-13-5-4-6-15(13)19/h7-10,13,15H,4-6,11,19H2,1-3H3,(H,20,21)/t13-,15+/m0/s1. The molecule has 1 aliphatic rings. The Morgan fingerprint density at radius 3 is 2.32 bits per heavy atom. The van der Waals surface area contributed by atoms with Crippen LogP contribution in [0.5, 0.6) is 0 Å². The van der Waals surface area contributed by atoms with E-state index in [4.69, 9.17) is 5.73 Å². The fraction of sp³-hybridized carbons (Fsp3) is 0.556. The van der Waals surface area contributed by atoms with Crippen LogP contribution < -0.4 is 11.1 Å². The molecule has 22 heavy (non-hydrogen) atoms. The predicted molar refractivity (Wildman–Crippen MR) is 88.8 cm³/mol. The minimum absolute atomic E-state index is 0.00255. The van der Waals surface area contributed by atoms with E-state index < -0.39 is 5.41 Å². The Morgan fingerprint density at radius 1 is 1.18 bits per heavy atom. The van der Waals surface area contributed by atoms with Gasteiger partial charge in [-0.05, 0) is 43.0 Å². The van der Waals surface area contributed by atoms with E-state index in [2.05, 4.69) is 5.32 Å². The normalized spacial score (nSPS) is 21.6. The summed E-state index contributed by atoms with van der Waals surface area (Å²) in [6, 6.07) is 7.25. The number of nitrogens with two attached hydrogens (primary N) is 1. The number of Topliss-reactive ketones (excluding diaryl/α,β-unsaturated/α-hetero) is 1. The Hall–Kier alpha value is -1.68. The van der Waals surface area contributed by atoms with Gasteiger partial charge in [-0.2, -0.15) is 0 Å². The summed E-state index contributed by atoms with van der Waals surface area (Å²) in [4.78, 5) is 24.2. The minimum atomic E-state index is -0.399. The summed E-state index contributed by atoms with van der Waals surface area (Å²) < 4.78 is 0. The first-order chi connectivity index (χ1) is 10.3. The van der Waals surface area contributed by atoms with Crippen LogP contribution in [0.2, 0.25) is 0 Å². The monoisotopic (exact) mass is 302 g/mol. The Balaban J connectivity index is 1.93. The highest BCUT2D eigenvalue weighted by atomic mass is 16.1. The predicted octanol–water partition coefficient (Wildman–Crippen LogP) is 3.37. The Labute approximate surface area is 132 Å². The van der Waals surface area contributed by atoms with Crippen molar-refractivity contribution in [2.75, 3.05) is 5.32 Å². The van der Waals surface area contributed by atoms with Crippen LogP contribution in [0.3, 0.4) is 0 Å². The highest BCUT2D eigenvalue weighted by molar-refractivity contribution is 6.00. The molecule has 0 bridgehead atoms. The van der Waals surface area contributed by atoms with Crippen LogP contribution in [0, 0.1) is 11.3 Å². The van der Waals surface area contributed by atoms with Crippen LogP contribution in [-0.4, -0.2) is 17.7 Å². The lowest BCUT2D eigenvalue weighted by molar-refractivity contribution is -0.117. The molecule has 0 heterocycles. The van der Waals surface area contributed by atoms with Crippen molar-refractivity contribution < 1.29 is 9.59 Å². The Bertz CT molecular complexity index is 543. The highest BCUT2D eigenvalue weighted by Crippen LogP contribution is 2.27. The lowest BCUT2D eigenvalue weighted by atomic mass is 9.86. The maximum atomic E-state index is 12.2. The average molecular weight is 302 g/mol. The van der Waals surface area contributed by atoms with E-state index in [1.165, 1.54) is 0 Å². The summed E-state index contributed by atoms with van der Waals surface area (Å²) in [6.07, 6.45) is 3.64. The SMILES string of the molecule is CC(C)(C)C(=O)c1ccc(NC(=O)C[C@@H]2CCC[C@H]2N)cc1. The van der Waals surface area contributed by atoms with Crippen LogP contribution in [0.15, 0.2) is 24.3 Å². The molecule has 2 atom stereocenters. The van der Waals surface area contributed by atoms with Crippen molar-refractivity contribution in [1.82, 2.24) is 0 Å². The number of hydrogen-bond donors (Lipinski definition) is 2. The van der Waals surface area contributed by atoms with Crippen LogP contribution in [0.25, 0.3) is 0 Å². The zero-order valence-corrected chi connectivity index (χ0v) is 13.7. The third-order valence-electron chi connectivity index (χ3n) is 4.28. The van der Waals surface area contributed by atoms with E-state index >= 15 is 0 Å². The molecule has 0 unspecified atom stereocenters. The number of rotatable bonds is 4. The molecule has 1 aliphatic carbocycles. The van der Waals surface area contributed by atoms with Gasteiger partial charge in [0.2, 0.25) is 5.91 Å². The van der Waals surface area contributed by atoms with Gasteiger partial charge in [-0.25, -0.2) is 0 Å². The largest absolute Gasteiger partial charge is 0.327 e. The number of benzene rings is 1. The minimum Gasteiger partial charge on any atom is -0.327 e. The number of amides is 1. The first-order valence-electron chi connectivity index (χ1n) is 7.97. The van der Waals surface area contributed by atoms with Crippen molar-refractivity contribution in [3.8, 4) is 0 Å². The summed E-state index contributed by atoms with van der Waals surface area (Å²) >= 11 is 0. The van der Waals surface area contributed by atoms with Gasteiger partial charge in [0.1, 0.15) is 0 Å². The quantitative estimate of drug-likeness (QED) is 0.838. The molecule has 3 N–H and O–H groups in total. The molecule has 1 amide bonds. The Morgan fingerprint density at radius 2 is 1.82 bits per heavy atom.